The normalized spacial score (nSPS) is 15.0. The minimum absolute atomic E-state index is 0.0222. The number of para-hydroxylation sites is 1. The fourth-order valence-corrected chi connectivity index (χ4v) is 3.44. The first kappa shape index (κ1) is 17.2. The number of nitrogens with zero attached hydrogens (tertiary/aromatic N) is 2. The van der Waals surface area contributed by atoms with Gasteiger partial charge in [0.2, 0.25) is 0 Å². The van der Waals surface area contributed by atoms with E-state index in [0.717, 1.165) is 35.7 Å². The maximum atomic E-state index is 12.4. The molecule has 1 aliphatic rings. The monoisotopic (exact) mass is 321 g/mol. The van der Waals surface area contributed by atoms with Gasteiger partial charge in [-0.05, 0) is 63.7 Å². The standard InChI is InChI=1S/C17H27N3OS/c1-14-8-6-9-15(22-3)16(14)18-17(21)19(2)10-7-13-20-11-4-5-12-20/h6,8-9H,4-5,7,10-13H2,1-3H3,(H,18,21). The molecule has 1 fully saturated rings. The molecule has 0 radical (unpaired) electrons. The van der Waals surface area contributed by atoms with Gasteiger partial charge in [-0.25, -0.2) is 4.79 Å². The quantitative estimate of drug-likeness (QED) is 0.812. The number of amides is 2. The molecule has 4 nitrogen and oxygen atoms in total. The molecule has 0 atom stereocenters. The van der Waals surface area contributed by atoms with Crippen molar-refractivity contribution in [3.63, 3.8) is 0 Å². The molecule has 1 heterocycles. The summed E-state index contributed by atoms with van der Waals surface area (Å²) < 4.78 is 0. The van der Waals surface area contributed by atoms with E-state index in [1.54, 1.807) is 16.7 Å². The number of hydrogen-bond acceptors (Lipinski definition) is 3. The Kier molecular flexibility index (Phi) is 6.58. The second kappa shape index (κ2) is 8.44. The summed E-state index contributed by atoms with van der Waals surface area (Å²) >= 11 is 1.66. The first-order valence-electron chi connectivity index (χ1n) is 8.00. The summed E-state index contributed by atoms with van der Waals surface area (Å²) in [6.45, 7) is 6.36. The fraction of sp³-hybridized carbons (Fsp3) is 0.588. The molecule has 122 valence electrons. The van der Waals surface area contributed by atoms with E-state index in [1.165, 1.54) is 25.9 Å². The average molecular weight is 321 g/mol. The number of hydrogen-bond donors (Lipinski definition) is 1. The van der Waals surface area contributed by atoms with Gasteiger partial charge in [0.25, 0.3) is 0 Å². The third-order valence-corrected chi connectivity index (χ3v) is 4.98. The number of carbonyl (C=O) groups excluding carboxylic acids is 1. The maximum Gasteiger partial charge on any atom is 0.321 e. The van der Waals surface area contributed by atoms with Gasteiger partial charge in [0.1, 0.15) is 0 Å². The third kappa shape index (κ3) is 4.65. The Balaban J connectivity index is 1.83. The van der Waals surface area contributed by atoms with Crippen molar-refractivity contribution >= 4 is 23.5 Å². The first-order chi connectivity index (χ1) is 10.6. The van der Waals surface area contributed by atoms with E-state index >= 15 is 0 Å². The summed E-state index contributed by atoms with van der Waals surface area (Å²) in [7, 11) is 1.87. The van der Waals surface area contributed by atoms with Gasteiger partial charge in [0.15, 0.2) is 0 Å². The van der Waals surface area contributed by atoms with E-state index in [-0.39, 0.29) is 6.03 Å². The van der Waals surface area contributed by atoms with Crippen LogP contribution >= 0.6 is 11.8 Å². The summed E-state index contributed by atoms with van der Waals surface area (Å²) in [4.78, 5) is 17.7. The van der Waals surface area contributed by atoms with Crippen LogP contribution in [0.4, 0.5) is 10.5 Å². The van der Waals surface area contributed by atoms with Crippen molar-refractivity contribution in [2.24, 2.45) is 0 Å². The molecule has 0 spiro atoms. The topological polar surface area (TPSA) is 35.6 Å². The van der Waals surface area contributed by atoms with Gasteiger partial charge in [-0.1, -0.05) is 12.1 Å². The molecule has 22 heavy (non-hydrogen) atoms. The number of nitrogens with one attached hydrogen (secondary N) is 1. The molecular weight excluding hydrogens is 294 g/mol. The van der Waals surface area contributed by atoms with Gasteiger partial charge in [0.05, 0.1) is 5.69 Å². The second-order valence-corrected chi connectivity index (χ2v) is 6.75. The highest BCUT2D eigenvalue weighted by Gasteiger charge is 2.14. The highest BCUT2D eigenvalue weighted by atomic mass is 32.2. The Hall–Kier alpha value is -1.20. The van der Waals surface area contributed by atoms with Gasteiger partial charge in [-0.15, -0.1) is 11.8 Å². The van der Waals surface area contributed by atoms with Crippen LogP contribution in [0.2, 0.25) is 0 Å². The van der Waals surface area contributed by atoms with Crippen LogP contribution in [0.15, 0.2) is 23.1 Å². The lowest BCUT2D eigenvalue weighted by atomic mass is 10.2. The Morgan fingerprint density at radius 1 is 1.36 bits per heavy atom. The summed E-state index contributed by atoms with van der Waals surface area (Å²) in [5, 5.41) is 3.06. The van der Waals surface area contributed by atoms with E-state index in [1.807, 2.05) is 38.4 Å². The van der Waals surface area contributed by atoms with Crippen molar-refractivity contribution in [3.05, 3.63) is 23.8 Å². The zero-order valence-electron chi connectivity index (χ0n) is 13.9. The number of aryl methyl sites for hydroxylation is 1. The van der Waals surface area contributed by atoms with E-state index in [2.05, 4.69) is 10.2 Å². The molecule has 1 N–H and O–H groups in total. The molecule has 0 saturated carbocycles. The lowest BCUT2D eigenvalue weighted by Crippen LogP contribution is -2.34. The van der Waals surface area contributed by atoms with Crippen molar-refractivity contribution in [1.29, 1.82) is 0 Å². The predicted molar refractivity (Wildman–Crippen MR) is 94.9 cm³/mol. The number of urea groups is 1. The molecule has 1 aromatic rings. The Bertz CT molecular complexity index is 501. The minimum atomic E-state index is -0.0222. The number of rotatable bonds is 6. The first-order valence-corrected chi connectivity index (χ1v) is 9.22. The highest BCUT2D eigenvalue weighted by Crippen LogP contribution is 2.28. The van der Waals surface area contributed by atoms with Crippen LogP contribution in [0.5, 0.6) is 0 Å². The van der Waals surface area contributed by atoms with Crippen molar-refractivity contribution in [3.8, 4) is 0 Å². The van der Waals surface area contributed by atoms with Gasteiger partial charge in [-0.2, -0.15) is 0 Å². The third-order valence-electron chi connectivity index (χ3n) is 4.20. The minimum Gasteiger partial charge on any atom is -0.328 e. The molecular formula is C17H27N3OS. The van der Waals surface area contributed by atoms with Crippen LogP contribution < -0.4 is 5.32 Å². The maximum absolute atomic E-state index is 12.4. The zero-order chi connectivity index (χ0) is 15.9. The van der Waals surface area contributed by atoms with Crippen LogP contribution in [0.1, 0.15) is 24.8 Å². The molecule has 0 unspecified atom stereocenters. The zero-order valence-corrected chi connectivity index (χ0v) is 14.7. The van der Waals surface area contributed by atoms with Crippen LogP contribution in [-0.4, -0.2) is 55.3 Å². The van der Waals surface area contributed by atoms with Crippen LogP contribution in [0.25, 0.3) is 0 Å². The molecule has 1 aliphatic heterocycles. The van der Waals surface area contributed by atoms with Crippen LogP contribution in [-0.2, 0) is 0 Å². The summed E-state index contributed by atoms with van der Waals surface area (Å²) in [5.41, 5.74) is 2.04. The SMILES string of the molecule is CSc1cccc(C)c1NC(=O)N(C)CCCN1CCCC1. The van der Waals surface area contributed by atoms with Crippen LogP contribution in [0, 0.1) is 6.92 Å². The molecule has 1 aromatic carbocycles. The lowest BCUT2D eigenvalue weighted by molar-refractivity contribution is 0.218. The van der Waals surface area contributed by atoms with Crippen molar-refractivity contribution < 1.29 is 4.79 Å². The average Bonchev–Trinajstić information content (AvgIpc) is 3.02. The van der Waals surface area contributed by atoms with Crippen LogP contribution in [0.3, 0.4) is 0 Å². The predicted octanol–water partition coefficient (Wildman–Crippen LogP) is 3.67. The second-order valence-electron chi connectivity index (χ2n) is 5.91. The van der Waals surface area contributed by atoms with Gasteiger partial charge in [0, 0.05) is 18.5 Å². The Morgan fingerprint density at radius 3 is 2.77 bits per heavy atom. The van der Waals surface area contributed by atoms with E-state index < -0.39 is 0 Å². The van der Waals surface area contributed by atoms with E-state index in [0.29, 0.717) is 0 Å². The number of carbonyl (C=O) groups is 1. The number of anilines is 1. The number of likely N-dealkylation sites (tertiary alicyclic amines) is 1. The molecule has 1 saturated heterocycles. The number of benzene rings is 1. The molecule has 0 aromatic heterocycles. The largest absolute Gasteiger partial charge is 0.328 e. The summed E-state index contributed by atoms with van der Waals surface area (Å²) in [5.74, 6) is 0. The molecule has 2 amide bonds. The molecule has 0 bridgehead atoms. The van der Waals surface area contributed by atoms with Gasteiger partial charge in [-0.3, -0.25) is 0 Å². The fourth-order valence-electron chi connectivity index (χ4n) is 2.81. The molecule has 5 heteroatoms. The number of thioether (sulfide) groups is 1. The van der Waals surface area contributed by atoms with Gasteiger partial charge < -0.3 is 15.1 Å². The van der Waals surface area contributed by atoms with E-state index in [4.69, 9.17) is 0 Å². The van der Waals surface area contributed by atoms with Gasteiger partial charge >= 0.3 is 6.03 Å². The van der Waals surface area contributed by atoms with Crippen molar-refractivity contribution in [1.82, 2.24) is 9.80 Å². The smallest absolute Gasteiger partial charge is 0.321 e. The summed E-state index contributed by atoms with van der Waals surface area (Å²) in [6, 6.07) is 6.07. The van der Waals surface area contributed by atoms with Crippen molar-refractivity contribution in [2.45, 2.75) is 31.1 Å². The highest BCUT2D eigenvalue weighted by molar-refractivity contribution is 7.98. The lowest BCUT2D eigenvalue weighted by Gasteiger charge is -2.21. The van der Waals surface area contributed by atoms with E-state index in [9.17, 15) is 4.79 Å². The molecule has 0 aliphatic carbocycles. The Morgan fingerprint density at radius 2 is 2.09 bits per heavy atom. The Labute approximate surface area is 138 Å². The summed E-state index contributed by atoms with van der Waals surface area (Å²) in [6.07, 6.45) is 5.71. The molecule has 2 rings (SSSR count). The van der Waals surface area contributed by atoms with Crippen molar-refractivity contribution in [2.75, 3.05) is 44.8 Å².